The summed E-state index contributed by atoms with van der Waals surface area (Å²) in [5.41, 5.74) is 10.4. The first-order valence-corrected chi connectivity index (χ1v) is 24.5. The van der Waals surface area contributed by atoms with Crippen LogP contribution in [0.4, 0.5) is 0 Å². The van der Waals surface area contributed by atoms with Crippen LogP contribution in [0.2, 0.25) is 0 Å². The summed E-state index contributed by atoms with van der Waals surface area (Å²) in [5.74, 6) is 0. The van der Waals surface area contributed by atoms with Crippen LogP contribution in [-0.4, -0.2) is 21.8 Å². The van der Waals surface area contributed by atoms with Crippen LogP contribution >= 0.6 is 0 Å². The molecule has 10 aromatic carbocycles. The van der Waals surface area contributed by atoms with Gasteiger partial charge in [-0.3, -0.25) is 0 Å². The fourth-order valence-corrected chi connectivity index (χ4v) is 15.9. The topological polar surface area (TPSA) is 38.6 Å². The van der Waals surface area contributed by atoms with E-state index in [2.05, 4.69) is 250 Å². The van der Waals surface area contributed by atoms with Crippen molar-refractivity contribution in [1.29, 1.82) is 5.26 Å². The minimum absolute atomic E-state index is 0.638. The molecule has 0 aliphatic rings. The van der Waals surface area contributed by atoms with Gasteiger partial charge in [-0.2, -0.15) is 5.26 Å². The number of benzene rings is 10. The zero-order valence-electron chi connectivity index (χ0n) is 35.9. The van der Waals surface area contributed by atoms with E-state index in [1.54, 1.807) is 0 Å². The maximum Gasteiger partial charge on any atom is 0.179 e. The standard InChI is InChI=1S/C61H40N4Si/c62-41-42-19-16-31-52-60-58(35-18-36-59(60)65-55-33-14-10-28-49(55)50-29-11-15-34-56(50)65)64(61(42)52)44-37-38-57-53(40-44)51-30-12-13-32-54(51)63(57)43-20-17-27-48(39-43)66(45-21-4-1-5-22-45,46-23-6-2-7-24-46)47-25-8-3-9-26-47/h1-40H. The third-order valence-electron chi connectivity index (χ3n) is 13.8. The largest absolute Gasteiger partial charge is 0.309 e. The first-order valence-electron chi connectivity index (χ1n) is 22.5. The van der Waals surface area contributed by atoms with E-state index in [4.69, 9.17) is 0 Å². The zero-order valence-corrected chi connectivity index (χ0v) is 36.9. The predicted octanol–water partition coefficient (Wildman–Crippen LogP) is 12.2. The monoisotopic (exact) mass is 856 g/mol. The summed E-state index contributed by atoms with van der Waals surface area (Å²) in [6.07, 6.45) is 0. The molecule has 5 heteroatoms. The Balaban J connectivity index is 1.06. The molecule has 0 saturated heterocycles. The molecule has 0 aliphatic heterocycles. The number of para-hydroxylation sites is 4. The van der Waals surface area contributed by atoms with Crippen LogP contribution in [-0.2, 0) is 0 Å². The van der Waals surface area contributed by atoms with Crippen molar-refractivity contribution in [3.8, 4) is 23.1 Å². The Labute approximate surface area is 382 Å². The van der Waals surface area contributed by atoms with Crippen LogP contribution in [0, 0.1) is 11.3 Å². The summed E-state index contributed by atoms with van der Waals surface area (Å²) in [5, 5.41) is 23.0. The zero-order chi connectivity index (χ0) is 43.8. The van der Waals surface area contributed by atoms with Crippen LogP contribution in [0.1, 0.15) is 5.56 Å². The van der Waals surface area contributed by atoms with Crippen LogP contribution in [0.5, 0.6) is 0 Å². The summed E-state index contributed by atoms with van der Waals surface area (Å²) in [4.78, 5) is 0. The third-order valence-corrected chi connectivity index (χ3v) is 18.6. The van der Waals surface area contributed by atoms with Crippen molar-refractivity contribution in [1.82, 2.24) is 13.7 Å². The Morgan fingerprint density at radius 2 is 0.773 bits per heavy atom. The van der Waals surface area contributed by atoms with Crippen LogP contribution in [0.15, 0.2) is 243 Å². The molecule has 0 radical (unpaired) electrons. The molecule has 308 valence electrons. The predicted molar refractivity (Wildman–Crippen MR) is 278 cm³/mol. The number of nitriles is 1. The molecular formula is C61H40N4Si. The molecule has 0 atom stereocenters. The van der Waals surface area contributed by atoms with E-state index in [0.717, 1.165) is 66.3 Å². The van der Waals surface area contributed by atoms with Gasteiger partial charge in [0.2, 0.25) is 0 Å². The molecule has 0 spiro atoms. The fraction of sp³-hybridized carbons (Fsp3) is 0. The summed E-state index contributed by atoms with van der Waals surface area (Å²) in [6, 6.07) is 90.8. The molecule has 0 N–H and O–H groups in total. The van der Waals surface area contributed by atoms with E-state index >= 15 is 0 Å². The van der Waals surface area contributed by atoms with Gasteiger partial charge in [-0.15, -0.1) is 0 Å². The van der Waals surface area contributed by atoms with Crippen LogP contribution in [0.3, 0.4) is 0 Å². The van der Waals surface area contributed by atoms with Crippen molar-refractivity contribution in [3.63, 3.8) is 0 Å². The normalized spacial score (nSPS) is 11.9. The molecule has 13 rings (SSSR count). The minimum atomic E-state index is -2.79. The van der Waals surface area contributed by atoms with Crippen LogP contribution < -0.4 is 20.7 Å². The van der Waals surface area contributed by atoms with E-state index in [9.17, 15) is 5.26 Å². The molecule has 0 aliphatic carbocycles. The number of rotatable bonds is 7. The van der Waals surface area contributed by atoms with E-state index in [0.29, 0.717) is 5.56 Å². The summed E-state index contributed by atoms with van der Waals surface area (Å²) >= 11 is 0. The summed E-state index contributed by atoms with van der Waals surface area (Å²) in [6.45, 7) is 0. The molecule has 3 aromatic heterocycles. The van der Waals surface area contributed by atoms with Gasteiger partial charge >= 0.3 is 0 Å². The molecule has 0 saturated carbocycles. The Kier molecular flexibility index (Phi) is 8.57. The third kappa shape index (κ3) is 5.43. The quantitative estimate of drug-likeness (QED) is 0.116. The first kappa shape index (κ1) is 37.8. The number of hydrogen-bond donors (Lipinski definition) is 0. The van der Waals surface area contributed by atoms with Crippen molar-refractivity contribution < 1.29 is 0 Å². The van der Waals surface area contributed by atoms with Gasteiger partial charge in [0.1, 0.15) is 6.07 Å². The van der Waals surface area contributed by atoms with Gasteiger partial charge in [-0.05, 0) is 87.5 Å². The lowest BCUT2D eigenvalue weighted by atomic mass is 10.1. The van der Waals surface area contributed by atoms with Gasteiger partial charge < -0.3 is 13.7 Å². The SMILES string of the molecule is N#Cc1cccc2c3c(-n4c5ccccc5c5ccccc54)cccc3n(-c3ccc4c(c3)c3ccccc3n4-c3cccc([Si](c4ccccc4)(c4ccccc4)c4ccccc4)c3)c12. The Hall–Kier alpha value is -8.69. The van der Waals surface area contributed by atoms with Crippen LogP contribution in [0.25, 0.3) is 82.5 Å². The lowest BCUT2D eigenvalue weighted by molar-refractivity contribution is 1.16. The molecule has 13 aromatic rings. The molecule has 0 amide bonds. The van der Waals surface area contributed by atoms with Gasteiger partial charge in [-0.25, -0.2) is 0 Å². The molecule has 0 unspecified atom stereocenters. The second kappa shape index (κ2) is 15.0. The highest BCUT2D eigenvalue weighted by atomic mass is 28.3. The van der Waals surface area contributed by atoms with E-state index < -0.39 is 8.07 Å². The number of nitrogens with zero attached hydrogens (tertiary/aromatic N) is 4. The Bertz CT molecular complexity index is 3910. The lowest BCUT2D eigenvalue weighted by Crippen LogP contribution is -2.74. The Morgan fingerprint density at radius 1 is 0.318 bits per heavy atom. The van der Waals surface area contributed by atoms with Gasteiger partial charge in [0.25, 0.3) is 0 Å². The van der Waals surface area contributed by atoms with Crippen molar-refractivity contribution in [3.05, 3.63) is 248 Å². The van der Waals surface area contributed by atoms with Crippen molar-refractivity contribution >= 4 is 94.2 Å². The molecule has 3 heterocycles. The first-order chi connectivity index (χ1) is 32.7. The summed E-state index contributed by atoms with van der Waals surface area (Å²) < 4.78 is 7.14. The summed E-state index contributed by atoms with van der Waals surface area (Å²) in [7, 11) is -2.79. The van der Waals surface area contributed by atoms with Gasteiger partial charge in [0.15, 0.2) is 8.07 Å². The van der Waals surface area contributed by atoms with Gasteiger partial charge in [0.05, 0.1) is 44.4 Å². The smallest absolute Gasteiger partial charge is 0.179 e. The maximum absolute atomic E-state index is 10.7. The average molecular weight is 857 g/mol. The highest BCUT2D eigenvalue weighted by Crippen LogP contribution is 2.42. The van der Waals surface area contributed by atoms with E-state index in [-0.39, 0.29) is 0 Å². The molecule has 0 bridgehead atoms. The highest BCUT2D eigenvalue weighted by Gasteiger charge is 2.41. The number of aromatic nitrogens is 3. The van der Waals surface area contributed by atoms with E-state index in [1.165, 1.54) is 36.9 Å². The van der Waals surface area contributed by atoms with Crippen molar-refractivity contribution in [2.75, 3.05) is 0 Å². The van der Waals surface area contributed by atoms with E-state index in [1.807, 2.05) is 12.1 Å². The van der Waals surface area contributed by atoms with Crippen molar-refractivity contribution in [2.45, 2.75) is 0 Å². The highest BCUT2D eigenvalue weighted by molar-refractivity contribution is 7.19. The second-order valence-electron chi connectivity index (χ2n) is 17.1. The maximum atomic E-state index is 10.7. The molecular weight excluding hydrogens is 817 g/mol. The minimum Gasteiger partial charge on any atom is -0.309 e. The number of hydrogen-bond acceptors (Lipinski definition) is 1. The van der Waals surface area contributed by atoms with Gasteiger partial charge in [0, 0.05) is 43.7 Å². The number of fused-ring (bicyclic) bond motifs is 9. The second-order valence-corrected chi connectivity index (χ2v) is 21.0. The lowest BCUT2D eigenvalue weighted by Gasteiger charge is -2.34. The molecule has 0 fully saturated rings. The molecule has 4 nitrogen and oxygen atoms in total. The average Bonchev–Trinajstić information content (AvgIpc) is 4.03. The fourth-order valence-electron chi connectivity index (χ4n) is 11.1. The van der Waals surface area contributed by atoms with Crippen molar-refractivity contribution in [2.24, 2.45) is 0 Å². The Morgan fingerprint density at radius 3 is 1.38 bits per heavy atom. The molecule has 66 heavy (non-hydrogen) atoms. The van der Waals surface area contributed by atoms with Gasteiger partial charge in [-0.1, -0.05) is 176 Å².